The number of alkyl halides is 2. The molecule has 2 aromatic carbocycles. The Kier molecular flexibility index (Phi) is 9.49. The van der Waals surface area contributed by atoms with Crippen LogP contribution in [0.5, 0.6) is 0 Å². The van der Waals surface area contributed by atoms with E-state index in [1.165, 1.54) is 52.8 Å². The highest BCUT2D eigenvalue weighted by Crippen LogP contribution is 2.37. The number of aliphatic hydroxyl groups is 1. The maximum Gasteiger partial charge on any atom is 0.298 e. The number of nitrogens with two attached hydrogens (primary N) is 1. The van der Waals surface area contributed by atoms with Gasteiger partial charge in [-0.2, -0.15) is 13.1 Å². The summed E-state index contributed by atoms with van der Waals surface area (Å²) in [7, 11) is -3.80. The second-order valence-corrected chi connectivity index (χ2v) is 13.1. The lowest BCUT2D eigenvalue weighted by Gasteiger charge is -2.35. The number of carbonyl (C=O) groups is 2. The Morgan fingerprint density at radius 2 is 1.69 bits per heavy atom. The molecule has 14 heteroatoms. The number of nitrogens with one attached hydrogen (secondary N) is 1. The monoisotopic (exact) mass is 642 g/mol. The van der Waals surface area contributed by atoms with Crippen molar-refractivity contribution in [1.82, 2.24) is 14.6 Å². The van der Waals surface area contributed by atoms with Crippen molar-refractivity contribution in [3.63, 3.8) is 0 Å². The Morgan fingerprint density at radius 3 is 2.29 bits per heavy atom. The van der Waals surface area contributed by atoms with Crippen molar-refractivity contribution in [3.05, 3.63) is 83.0 Å². The van der Waals surface area contributed by atoms with Crippen molar-refractivity contribution in [2.75, 3.05) is 55.6 Å². The van der Waals surface area contributed by atoms with E-state index in [1.807, 2.05) is 0 Å². The molecule has 1 unspecified atom stereocenters. The number of piperazine rings is 1. The van der Waals surface area contributed by atoms with Crippen molar-refractivity contribution in [2.45, 2.75) is 36.7 Å². The van der Waals surface area contributed by atoms with Crippen LogP contribution in [0.2, 0.25) is 0 Å². The van der Waals surface area contributed by atoms with Crippen molar-refractivity contribution < 1.29 is 31.9 Å². The van der Waals surface area contributed by atoms with Crippen molar-refractivity contribution >= 4 is 33.3 Å². The van der Waals surface area contributed by atoms with E-state index in [1.54, 1.807) is 28.9 Å². The molecule has 0 bridgehead atoms. The molecule has 2 saturated heterocycles. The molecule has 45 heavy (non-hydrogen) atoms. The number of carbonyl (C=O) groups excluding carboxylic acids is 2. The van der Waals surface area contributed by atoms with Gasteiger partial charge in [-0.3, -0.25) is 9.59 Å². The zero-order valence-electron chi connectivity index (χ0n) is 24.8. The molecule has 0 aliphatic carbocycles. The standard InChI is InChI=1S/C31H36F2N6O5S/c1-21-17-24(31(32,33)23-6-4-22(5-7-23)30(42)35-20-26(40)19-34)18-28(36-21)37-13-15-38(16-14-37)45(43,44)27-10-8-25(9-11-27)39-12-2-3-29(39)41/h4-11,17-18,26,40H,2-3,12-16,19-20,34H2,1H3,(H,35,42). The van der Waals surface area contributed by atoms with Crippen LogP contribution in [0.25, 0.3) is 0 Å². The average Bonchev–Trinajstić information content (AvgIpc) is 3.48. The van der Waals surface area contributed by atoms with Crippen molar-refractivity contribution in [1.29, 1.82) is 0 Å². The van der Waals surface area contributed by atoms with E-state index in [0.717, 1.165) is 6.42 Å². The number of aliphatic hydroxyl groups excluding tert-OH is 1. The van der Waals surface area contributed by atoms with E-state index in [4.69, 9.17) is 5.73 Å². The van der Waals surface area contributed by atoms with E-state index < -0.39 is 28.0 Å². The molecule has 0 saturated carbocycles. The van der Waals surface area contributed by atoms with Gasteiger partial charge in [-0.1, -0.05) is 12.1 Å². The van der Waals surface area contributed by atoms with Gasteiger partial charge in [0, 0.05) is 80.3 Å². The summed E-state index contributed by atoms with van der Waals surface area (Å²) in [6, 6.07) is 13.9. The number of halogens is 2. The number of nitrogens with zero attached hydrogens (tertiary/aromatic N) is 4. The molecule has 2 amide bonds. The highest BCUT2D eigenvalue weighted by molar-refractivity contribution is 7.89. The molecular weight excluding hydrogens is 606 g/mol. The summed E-state index contributed by atoms with van der Waals surface area (Å²) in [5, 5.41) is 12.0. The van der Waals surface area contributed by atoms with E-state index in [-0.39, 0.29) is 66.8 Å². The highest BCUT2D eigenvalue weighted by Gasteiger charge is 2.36. The first kappa shape index (κ1) is 32.4. The topological polar surface area (TPSA) is 149 Å². The molecule has 5 rings (SSSR count). The summed E-state index contributed by atoms with van der Waals surface area (Å²) < 4.78 is 59.4. The number of rotatable bonds is 10. The van der Waals surface area contributed by atoms with Gasteiger partial charge in [-0.15, -0.1) is 0 Å². The van der Waals surface area contributed by atoms with Gasteiger partial charge >= 0.3 is 0 Å². The number of hydrogen-bond donors (Lipinski definition) is 3. The quantitative estimate of drug-likeness (QED) is 0.305. The Balaban J connectivity index is 1.25. The molecule has 2 aliphatic rings. The first-order valence-corrected chi connectivity index (χ1v) is 16.1. The van der Waals surface area contributed by atoms with Gasteiger partial charge in [0.2, 0.25) is 15.9 Å². The molecule has 1 atom stereocenters. The number of amides is 2. The Morgan fingerprint density at radius 1 is 1.02 bits per heavy atom. The Hall–Kier alpha value is -3.98. The van der Waals surface area contributed by atoms with E-state index >= 15 is 8.78 Å². The van der Waals surface area contributed by atoms with Crippen LogP contribution in [0.1, 0.15) is 40.0 Å². The van der Waals surface area contributed by atoms with Crippen LogP contribution in [0.4, 0.5) is 20.3 Å². The number of aromatic nitrogens is 1. The lowest BCUT2D eigenvalue weighted by atomic mass is 9.99. The second-order valence-electron chi connectivity index (χ2n) is 11.1. The minimum atomic E-state index is -3.80. The van der Waals surface area contributed by atoms with Crippen LogP contribution >= 0.6 is 0 Å². The number of aryl methyl sites for hydroxylation is 1. The number of sulfonamides is 1. The normalized spacial score (nSPS) is 17.0. The van der Waals surface area contributed by atoms with Crippen molar-refractivity contribution in [2.24, 2.45) is 5.73 Å². The zero-order valence-corrected chi connectivity index (χ0v) is 25.6. The summed E-state index contributed by atoms with van der Waals surface area (Å²) in [5.74, 6) is -3.58. The molecule has 2 fully saturated rings. The molecule has 3 heterocycles. The van der Waals surface area contributed by atoms with E-state index in [9.17, 15) is 23.1 Å². The second kappa shape index (κ2) is 13.2. The van der Waals surface area contributed by atoms with Crippen molar-refractivity contribution in [3.8, 4) is 0 Å². The van der Waals surface area contributed by atoms with E-state index in [2.05, 4.69) is 10.3 Å². The minimum Gasteiger partial charge on any atom is -0.390 e. The summed E-state index contributed by atoms with van der Waals surface area (Å²) in [6.45, 7) is 2.94. The Bertz CT molecular complexity index is 1650. The third-order valence-corrected chi connectivity index (χ3v) is 9.92. The molecular formula is C31H36F2N6O5S. The fourth-order valence-electron chi connectivity index (χ4n) is 5.41. The molecule has 1 aromatic heterocycles. The van der Waals surface area contributed by atoms with Crippen LogP contribution < -0.4 is 20.9 Å². The van der Waals surface area contributed by atoms with E-state index in [0.29, 0.717) is 30.2 Å². The number of pyridine rings is 1. The SMILES string of the molecule is Cc1cc(C(F)(F)c2ccc(C(=O)NCC(O)CN)cc2)cc(N2CCN(S(=O)(=O)c3ccc(N4CCCC4=O)cc3)CC2)n1. The van der Waals surface area contributed by atoms with Crippen LogP contribution in [-0.4, -0.2) is 86.5 Å². The van der Waals surface area contributed by atoms with Crippen LogP contribution in [-0.2, 0) is 20.7 Å². The predicted octanol–water partition coefficient (Wildman–Crippen LogP) is 2.22. The highest BCUT2D eigenvalue weighted by atomic mass is 32.2. The first-order chi connectivity index (χ1) is 21.4. The number of hydrogen-bond acceptors (Lipinski definition) is 8. The molecule has 11 nitrogen and oxygen atoms in total. The maximum atomic E-state index is 15.7. The molecule has 4 N–H and O–H groups in total. The average molecular weight is 643 g/mol. The first-order valence-electron chi connectivity index (χ1n) is 14.7. The van der Waals surface area contributed by atoms with Gasteiger partial charge < -0.3 is 26.0 Å². The molecule has 2 aliphatic heterocycles. The summed E-state index contributed by atoms with van der Waals surface area (Å²) in [6.07, 6.45) is 0.351. The van der Waals surface area contributed by atoms with Crippen LogP contribution in [0.3, 0.4) is 0 Å². The number of anilines is 2. The molecule has 0 spiro atoms. The summed E-state index contributed by atoms with van der Waals surface area (Å²) >= 11 is 0. The van der Waals surface area contributed by atoms with Crippen LogP contribution in [0.15, 0.2) is 65.6 Å². The molecule has 240 valence electrons. The van der Waals surface area contributed by atoms with Crippen LogP contribution in [0, 0.1) is 6.92 Å². The zero-order chi connectivity index (χ0) is 32.4. The minimum absolute atomic E-state index is 0.0197. The molecule has 3 aromatic rings. The Labute approximate surface area is 260 Å². The van der Waals surface area contributed by atoms with Gasteiger partial charge in [0.1, 0.15) is 5.82 Å². The maximum absolute atomic E-state index is 15.7. The largest absolute Gasteiger partial charge is 0.390 e. The van der Waals surface area contributed by atoms with Gasteiger partial charge in [0.05, 0.1) is 11.0 Å². The van der Waals surface area contributed by atoms with Gasteiger partial charge in [0.15, 0.2) is 0 Å². The smallest absolute Gasteiger partial charge is 0.298 e. The van der Waals surface area contributed by atoms with Gasteiger partial charge in [-0.05, 0) is 61.9 Å². The lowest BCUT2D eigenvalue weighted by Crippen LogP contribution is -2.49. The lowest BCUT2D eigenvalue weighted by molar-refractivity contribution is -0.117. The number of benzene rings is 2. The third kappa shape index (κ3) is 6.98. The fraction of sp³-hybridized carbons (Fsp3) is 0.387. The molecule has 0 radical (unpaired) electrons. The van der Waals surface area contributed by atoms with Gasteiger partial charge in [-0.25, -0.2) is 13.4 Å². The summed E-state index contributed by atoms with van der Waals surface area (Å²) in [4.78, 5) is 32.3. The summed E-state index contributed by atoms with van der Waals surface area (Å²) in [5.41, 5.74) is 5.95. The third-order valence-electron chi connectivity index (χ3n) is 8.00. The fourth-order valence-corrected chi connectivity index (χ4v) is 6.84. The predicted molar refractivity (Wildman–Crippen MR) is 165 cm³/mol. The van der Waals surface area contributed by atoms with Gasteiger partial charge in [0.25, 0.3) is 11.8 Å².